The number of rotatable bonds is 3. The summed E-state index contributed by atoms with van der Waals surface area (Å²) in [4.78, 5) is 22.2. The van der Waals surface area contributed by atoms with Crippen LogP contribution in [0.4, 0.5) is 0 Å². The number of aromatic nitrogens is 2. The number of methoxy groups -OCH3 is 1. The van der Waals surface area contributed by atoms with E-state index >= 15 is 0 Å². The van der Waals surface area contributed by atoms with Gasteiger partial charge in [0.05, 0.1) is 17.7 Å². The first-order chi connectivity index (χ1) is 9.60. The van der Waals surface area contributed by atoms with Gasteiger partial charge in [-0.25, -0.2) is 4.98 Å². The molecule has 1 aromatic rings. The van der Waals surface area contributed by atoms with E-state index < -0.39 is 0 Å². The van der Waals surface area contributed by atoms with Crippen LogP contribution in [0, 0.1) is 19.8 Å². The molecule has 2 fully saturated rings. The zero-order valence-electron chi connectivity index (χ0n) is 12.5. The molecule has 1 aliphatic heterocycles. The summed E-state index contributed by atoms with van der Waals surface area (Å²) >= 11 is 0. The van der Waals surface area contributed by atoms with Crippen LogP contribution in [0.15, 0.2) is 0 Å². The van der Waals surface area contributed by atoms with Gasteiger partial charge in [-0.05, 0) is 33.1 Å². The Morgan fingerprint density at radius 3 is 2.55 bits per heavy atom. The normalized spacial score (nSPS) is 26.9. The smallest absolute Gasteiger partial charge is 0.228 e. The number of nitrogens with zero attached hydrogens (tertiary/aromatic N) is 2. The number of nitrogens with one attached hydrogen (secondary N) is 1. The van der Waals surface area contributed by atoms with Crippen LogP contribution in [0.3, 0.4) is 0 Å². The van der Waals surface area contributed by atoms with Crippen LogP contribution in [0.1, 0.15) is 42.4 Å². The molecule has 0 spiro atoms. The first-order valence-electron chi connectivity index (χ1n) is 7.45. The second kappa shape index (κ2) is 5.20. The van der Waals surface area contributed by atoms with Crippen LogP contribution < -0.4 is 0 Å². The van der Waals surface area contributed by atoms with E-state index in [-0.39, 0.29) is 17.9 Å². The lowest BCUT2D eigenvalue weighted by Crippen LogP contribution is -2.39. The van der Waals surface area contributed by atoms with Gasteiger partial charge in [0.1, 0.15) is 5.82 Å². The molecule has 1 saturated heterocycles. The summed E-state index contributed by atoms with van der Waals surface area (Å²) in [7, 11) is 1.69. The molecule has 0 unspecified atom stereocenters. The summed E-state index contributed by atoms with van der Waals surface area (Å²) in [6.07, 6.45) is 3.06. The fraction of sp³-hybridized carbons (Fsp3) is 0.733. The summed E-state index contributed by atoms with van der Waals surface area (Å²) in [5, 5.41) is 0. The molecule has 0 radical (unpaired) electrons. The second-order valence-electron chi connectivity index (χ2n) is 6.05. The van der Waals surface area contributed by atoms with Crippen molar-refractivity contribution in [3.8, 4) is 0 Å². The Labute approximate surface area is 119 Å². The third-order valence-electron chi connectivity index (χ3n) is 4.69. The number of aryl methyl sites for hydroxylation is 2. The highest BCUT2D eigenvalue weighted by molar-refractivity contribution is 5.82. The van der Waals surface area contributed by atoms with Crippen LogP contribution in [0.25, 0.3) is 0 Å². The molecule has 0 bridgehead atoms. The fourth-order valence-electron chi connectivity index (χ4n) is 3.07. The molecule has 2 atom stereocenters. The molecule has 1 N–H and O–H groups in total. The summed E-state index contributed by atoms with van der Waals surface area (Å²) in [5.41, 5.74) is 2.24. The van der Waals surface area contributed by atoms with E-state index in [1.165, 1.54) is 0 Å². The lowest BCUT2D eigenvalue weighted by atomic mass is 9.96. The summed E-state index contributed by atoms with van der Waals surface area (Å²) < 4.78 is 5.23. The topological polar surface area (TPSA) is 58.2 Å². The molecule has 1 saturated carbocycles. The van der Waals surface area contributed by atoms with Crippen LogP contribution in [-0.4, -0.2) is 47.1 Å². The Kier molecular flexibility index (Phi) is 3.54. The van der Waals surface area contributed by atoms with Crippen LogP contribution in [0.2, 0.25) is 0 Å². The van der Waals surface area contributed by atoms with E-state index in [1.54, 1.807) is 7.11 Å². The van der Waals surface area contributed by atoms with Gasteiger partial charge in [0.15, 0.2) is 0 Å². The van der Waals surface area contributed by atoms with Gasteiger partial charge in [0.25, 0.3) is 0 Å². The average Bonchev–Trinajstić information content (AvgIpc) is 3.18. The van der Waals surface area contributed by atoms with Crippen molar-refractivity contribution in [1.29, 1.82) is 0 Å². The molecular formula is C15H23N3O2. The van der Waals surface area contributed by atoms with Crippen LogP contribution in [-0.2, 0) is 9.53 Å². The predicted molar refractivity (Wildman–Crippen MR) is 75.5 cm³/mol. The first kappa shape index (κ1) is 13.6. The average molecular weight is 277 g/mol. The molecule has 110 valence electrons. The Bertz CT molecular complexity index is 484. The lowest BCUT2D eigenvalue weighted by molar-refractivity contribution is -0.134. The number of amides is 1. The molecule has 5 heteroatoms. The molecule has 20 heavy (non-hydrogen) atoms. The van der Waals surface area contributed by atoms with Gasteiger partial charge < -0.3 is 14.6 Å². The lowest BCUT2D eigenvalue weighted by Gasteiger charge is -2.31. The van der Waals surface area contributed by atoms with Gasteiger partial charge in [0, 0.05) is 31.8 Å². The molecule has 1 aromatic heterocycles. The Morgan fingerprint density at radius 2 is 2.05 bits per heavy atom. The van der Waals surface area contributed by atoms with Gasteiger partial charge in [-0.2, -0.15) is 0 Å². The van der Waals surface area contributed by atoms with Crippen molar-refractivity contribution < 1.29 is 9.53 Å². The van der Waals surface area contributed by atoms with E-state index in [1.807, 2.05) is 11.8 Å². The van der Waals surface area contributed by atoms with Gasteiger partial charge in [-0.1, -0.05) is 0 Å². The molecule has 0 aromatic carbocycles. The highest BCUT2D eigenvalue weighted by Gasteiger charge is 2.45. The van der Waals surface area contributed by atoms with Gasteiger partial charge in [-0.3, -0.25) is 4.79 Å². The third-order valence-corrected chi connectivity index (χ3v) is 4.69. The third kappa shape index (κ3) is 2.46. The molecule has 2 heterocycles. The zero-order valence-corrected chi connectivity index (χ0v) is 12.5. The minimum absolute atomic E-state index is 0.115. The predicted octanol–water partition coefficient (Wildman–Crippen LogP) is 1.77. The number of carbonyl (C=O) groups is 1. The SMILES string of the molecule is CO[C@@H]1C[C@H]1C(=O)N1CCC(c2nc(C)c(C)[nH]2)CC1. The number of aromatic amines is 1. The standard InChI is InChI=1S/C15H23N3O2/c1-9-10(2)17-14(16-9)11-4-6-18(7-5-11)15(19)12-8-13(12)20-3/h11-13H,4-8H2,1-3H3,(H,16,17)/t12-,13-/m1/s1. The molecule has 1 aliphatic carbocycles. The number of imidazole rings is 1. The number of hydrogen-bond acceptors (Lipinski definition) is 3. The number of piperidine rings is 1. The Balaban J connectivity index is 1.56. The number of H-pyrrole nitrogens is 1. The van der Waals surface area contributed by atoms with E-state index in [4.69, 9.17) is 4.74 Å². The summed E-state index contributed by atoms with van der Waals surface area (Å²) in [5.74, 6) is 1.95. The molecular weight excluding hydrogens is 254 g/mol. The molecule has 3 rings (SSSR count). The molecule has 1 amide bonds. The number of carbonyl (C=O) groups excluding carboxylic acids is 1. The maximum Gasteiger partial charge on any atom is 0.228 e. The second-order valence-corrected chi connectivity index (χ2v) is 6.05. The van der Waals surface area contributed by atoms with Crippen LogP contribution >= 0.6 is 0 Å². The first-order valence-corrected chi connectivity index (χ1v) is 7.45. The van der Waals surface area contributed by atoms with Crippen molar-refractivity contribution in [3.63, 3.8) is 0 Å². The van der Waals surface area contributed by atoms with Gasteiger partial charge in [-0.15, -0.1) is 0 Å². The highest BCUT2D eigenvalue weighted by Crippen LogP contribution is 2.36. The molecule has 5 nitrogen and oxygen atoms in total. The summed E-state index contributed by atoms with van der Waals surface area (Å²) in [6, 6.07) is 0. The number of hydrogen-bond donors (Lipinski definition) is 1. The van der Waals surface area contributed by atoms with Crippen molar-refractivity contribution in [3.05, 3.63) is 17.2 Å². The highest BCUT2D eigenvalue weighted by atomic mass is 16.5. The fourth-order valence-corrected chi connectivity index (χ4v) is 3.07. The Morgan fingerprint density at radius 1 is 1.35 bits per heavy atom. The van der Waals surface area contributed by atoms with Crippen molar-refractivity contribution in [2.24, 2.45) is 5.92 Å². The van der Waals surface area contributed by atoms with Crippen molar-refractivity contribution in [2.45, 2.75) is 45.1 Å². The monoisotopic (exact) mass is 277 g/mol. The van der Waals surface area contributed by atoms with E-state index in [0.717, 1.165) is 49.6 Å². The Hall–Kier alpha value is -1.36. The zero-order chi connectivity index (χ0) is 14.3. The number of likely N-dealkylation sites (tertiary alicyclic amines) is 1. The minimum atomic E-state index is 0.115. The van der Waals surface area contributed by atoms with Gasteiger partial charge in [0.2, 0.25) is 5.91 Å². The maximum atomic E-state index is 12.3. The van der Waals surface area contributed by atoms with Crippen molar-refractivity contribution >= 4 is 5.91 Å². The molecule has 2 aliphatic rings. The van der Waals surface area contributed by atoms with Crippen molar-refractivity contribution in [1.82, 2.24) is 14.9 Å². The maximum absolute atomic E-state index is 12.3. The quantitative estimate of drug-likeness (QED) is 0.916. The van der Waals surface area contributed by atoms with Gasteiger partial charge >= 0.3 is 0 Å². The van der Waals surface area contributed by atoms with E-state index in [0.29, 0.717) is 5.92 Å². The van der Waals surface area contributed by atoms with E-state index in [9.17, 15) is 4.79 Å². The minimum Gasteiger partial charge on any atom is -0.381 e. The number of ether oxygens (including phenoxy) is 1. The summed E-state index contributed by atoms with van der Waals surface area (Å²) in [6.45, 7) is 5.78. The van der Waals surface area contributed by atoms with E-state index in [2.05, 4.69) is 16.9 Å². The van der Waals surface area contributed by atoms with Crippen molar-refractivity contribution in [2.75, 3.05) is 20.2 Å². The largest absolute Gasteiger partial charge is 0.381 e. The van der Waals surface area contributed by atoms with Crippen LogP contribution in [0.5, 0.6) is 0 Å².